The number of anilines is 1. The van der Waals surface area contributed by atoms with Gasteiger partial charge in [0.05, 0.1) is 0 Å². The summed E-state index contributed by atoms with van der Waals surface area (Å²) >= 11 is 0. The molecule has 7 nitrogen and oxygen atoms in total. The number of phenolic OH excluding ortho intramolecular Hbond substituents is 2. The van der Waals surface area contributed by atoms with Crippen LogP contribution in [0.5, 0.6) is 11.5 Å². The number of benzene rings is 3. The number of rotatable bonds is 16. The summed E-state index contributed by atoms with van der Waals surface area (Å²) in [6, 6.07) is 24.3. The van der Waals surface area contributed by atoms with Crippen molar-refractivity contribution in [2.75, 3.05) is 11.9 Å². The predicted molar refractivity (Wildman–Crippen MR) is 170 cm³/mol. The molecule has 0 aliphatic rings. The maximum absolute atomic E-state index is 13.7. The van der Waals surface area contributed by atoms with Gasteiger partial charge in [-0.25, -0.2) is 0 Å². The molecule has 0 aliphatic carbocycles. The number of aromatic hydroxyl groups is 2. The fraction of sp³-hybridized carbons (Fsp3) is 0.333. The van der Waals surface area contributed by atoms with E-state index in [9.17, 15) is 19.8 Å². The van der Waals surface area contributed by atoms with E-state index < -0.39 is 5.97 Å². The summed E-state index contributed by atoms with van der Waals surface area (Å²) in [5.41, 5.74) is 6.47. The molecule has 43 heavy (non-hydrogen) atoms. The molecule has 7 heteroatoms. The number of phenols is 2. The van der Waals surface area contributed by atoms with Gasteiger partial charge >= 0.3 is 5.97 Å². The zero-order chi connectivity index (χ0) is 30.8. The molecule has 226 valence electrons. The second kappa shape index (κ2) is 15.1. The number of carboxylic acids is 1. The number of aryl methyl sites for hydroxylation is 3. The molecule has 4 aromatic rings. The highest BCUT2D eigenvalue weighted by Gasteiger charge is 2.19. The summed E-state index contributed by atoms with van der Waals surface area (Å²) < 4.78 is 2.03. The highest BCUT2D eigenvalue weighted by molar-refractivity contribution is 6.10. The minimum absolute atomic E-state index is 0.0307. The van der Waals surface area contributed by atoms with Gasteiger partial charge in [-0.15, -0.1) is 0 Å². The second-order valence-corrected chi connectivity index (χ2v) is 11.2. The van der Waals surface area contributed by atoms with Crippen molar-refractivity contribution < 1.29 is 24.9 Å². The van der Waals surface area contributed by atoms with Crippen LogP contribution in [0.1, 0.15) is 71.0 Å². The Morgan fingerprint density at radius 2 is 1.44 bits per heavy atom. The Bertz CT molecular complexity index is 1460. The van der Waals surface area contributed by atoms with Crippen LogP contribution in [0.3, 0.4) is 0 Å². The number of carbonyl (C=O) groups is 2. The Labute approximate surface area is 253 Å². The van der Waals surface area contributed by atoms with E-state index in [1.807, 2.05) is 73.1 Å². The monoisotopic (exact) mass is 582 g/mol. The lowest BCUT2D eigenvalue weighted by Crippen LogP contribution is -2.16. The highest BCUT2D eigenvalue weighted by Crippen LogP contribution is 2.24. The summed E-state index contributed by atoms with van der Waals surface area (Å²) in [5.74, 6) is 0.0424. The van der Waals surface area contributed by atoms with Gasteiger partial charge in [-0.05, 0) is 104 Å². The number of aliphatic carboxylic acids is 1. The Morgan fingerprint density at radius 1 is 0.837 bits per heavy atom. The maximum Gasteiger partial charge on any atom is 0.303 e. The molecule has 3 aromatic carbocycles. The standard InChI is InChI=1S/C36H42N2O5/c1-3-34-33(23-30(38(34)2)8-5-9-35(41)42)36(43)28-6-4-7-29(22-28)37-24-27(12-10-25-14-18-31(39)19-15-25)13-11-26-16-20-32(40)21-17-26/h4,6-7,14-23,27,37,39-40H,3,5,8-13,24H2,1-2H3,(H,41,42). The van der Waals surface area contributed by atoms with Gasteiger partial charge in [0.2, 0.25) is 0 Å². The first-order valence-corrected chi connectivity index (χ1v) is 15.1. The molecule has 0 spiro atoms. The van der Waals surface area contributed by atoms with Crippen LogP contribution in [-0.2, 0) is 37.5 Å². The van der Waals surface area contributed by atoms with E-state index in [0.29, 0.717) is 36.3 Å². The SMILES string of the molecule is CCc1c(C(=O)c2cccc(NCC(CCc3ccc(O)cc3)CCc3ccc(O)cc3)c2)cc(CCCC(=O)O)n1C. The van der Waals surface area contributed by atoms with E-state index in [4.69, 9.17) is 5.11 Å². The number of aromatic nitrogens is 1. The molecule has 1 heterocycles. The lowest BCUT2D eigenvalue weighted by molar-refractivity contribution is -0.137. The third-order valence-corrected chi connectivity index (χ3v) is 8.14. The van der Waals surface area contributed by atoms with E-state index in [0.717, 1.165) is 49.3 Å². The van der Waals surface area contributed by atoms with Crippen LogP contribution < -0.4 is 5.32 Å². The van der Waals surface area contributed by atoms with Crippen LogP contribution in [-0.4, -0.2) is 38.2 Å². The largest absolute Gasteiger partial charge is 0.508 e. The fourth-order valence-corrected chi connectivity index (χ4v) is 5.59. The van der Waals surface area contributed by atoms with Crippen molar-refractivity contribution in [3.63, 3.8) is 0 Å². The molecule has 1 aromatic heterocycles. The van der Waals surface area contributed by atoms with E-state index in [1.165, 1.54) is 11.1 Å². The van der Waals surface area contributed by atoms with Crippen molar-refractivity contribution in [2.24, 2.45) is 13.0 Å². The summed E-state index contributed by atoms with van der Waals surface area (Å²) in [7, 11) is 1.94. The minimum Gasteiger partial charge on any atom is -0.508 e. The molecular weight excluding hydrogens is 540 g/mol. The second-order valence-electron chi connectivity index (χ2n) is 11.2. The first-order chi connectivity index (χ1) is 20.7. The van der Waals surface area contributed by atoms with Crippen molar-refractivity contribution in [2.45, 2.75) is 58.3 Å². The highest BCUT2D eigenvalue weighted by atomic mass is 16.4. The lowest BCUT2D eigenvalue weighted by Gasteiger charge is -2.19. The third-order valence-electron chi connectivity index (χ3n) is 8.14. The van der Waals surface area contributed by atoms with Crippen molar-refractivity contribution in [3.8, 4) is 11.5 Å². The Hall–Kier alpha value is -4.52. The predicted octanol–water partition coefficient (Wildman–Crippen LogP) is 6.93. The Kier molecular flexibility index (Phi) is 11.0. The van der Waals surface area contributed by atoms with Crippen molar-refractivity contribution in [1.29, 1.82) is 0 Å². The summed E-state index contributed by atoms with van der Waals surface area (Å²) in [4.78, 5) is 24.6. The van der Waals surface area contributed by atoms with Crippen LogP contribution in [0.2, 0.25) is 0 Å². The first kappa shape index (κ1) is 31.4. The van der Waals surface area contributed by atoms with Gasteiger partial charge < -0.3 is 25.2 Å². The van der Waals surface area contributed by atoms with Crippen LogP contribution >= 0.6 is 0 Å². The molecule has 0 bridgehead atoms. The normalized spacial score (nSPS) is 11.1. The van der Waals surface area contributed by atoms with Crippen LogP contribution in [0.15, 0.2) is 78.9 Å². The topological polar surface area (TPSA) is 112 Å². The molecule has 0 fully saturated rings. The maximum atomic E-state index is 13.7. The smallest absolute Gasteiger partial charge is 0.303 e. The number of nitrogens with one attached hydrogen (secondary N) is 1. The molecule has 0 saturated carbocycles. The van der Waals surface area contributed by atoms with Gasteiger partial charge in [-0.2, -0.15) is 0 Å². The number of nitrogens with zero attached hydrogens (tertiary/aromatic N) is 1. The van der Waals surface area contributed by atoms with Gasteiger partial charge in [0.15, 0.2) is 5.78 Å². The Balaban J connectivity index is 1.45. The van der Waals surface area contributed by atoms with E-state index in [2.05, 4.69) is 5.32 Å². The molecule has 0 saturated heterocycles. The van der Waals surface area contributed by atoms with Gasteiger partial charge in [-0.1, -0.05) is 43.3 Å². The van der Waals surface area contributed by atoms with Crippen LogP contribution in [0.4, 0.5) is 5.69 Å². The molecule has 0 atom stereocenters. The van der Waals surface area contributed by atoms with Gasteiger partial charge in [0.25, 0.3) is 0 Å². The van der Waals surface area contributed by atoms with Crippen molar-refractivity contribution in [1.82, 2.24) is 4.57 Å². The van der Waals surface area contributed by atoms with Crippen LogP contribution in [0, 0.1) is 5.92 Å². The Morgan fingerprint density at radius 3 is 2.00 bits per heavy atom. The molecule has 0 aliphatic heterocycles. The van der Waals surface area contributed by atoms with Crippen molar-refractivity contribution >= 4 is 17.4 Å². The number of carbonyl (C=O) groups excluding carboxylic acids is 1. The number of ketones is 1. The average Bonchev–Trinajstić information content (AvgIpc) is 3.32. The number of carboxylic acid groups (broad SMARTS) is 1. The zero-order valence-electron chi connectivity index (χ0n) is 25.1. The van der Waals surface area contributed by atoms with Gasteiger partial charge in [0.1, 0.15) is 11.5 Å². The zero-order valence-corrected chi connectivity index (χ0v) is 25.1. The number of hydrogen-bond acceptors (Lipinski definition) is 5. The lowest BCUT2D eigenvalue weighted by atomic mass is 9.92. The molecular formula is C36H42N2O5. The van der Waals surface area contributed by atoms with Crippen LogP contribution in [0.25, 0.3) is 0 Å². The fourth-order valence-electron chi connectivity index (χ4n) is 5.59. The average molecular weight is 583 g/mol. The molecule has 4 N–H and O–H groups in total. The van der Waals surface area contributed by atoms with Gasteiger partial charge in [0, 0.05) is 48.2 Å². The summed E-state index contributed by atoms with van der Waals surface area (Å²) in [5, 5.41) is 31.8. The van der Waals surface area contributed by atoms with E-state index in [1.54, 1.807) is 24.3 Å². The minimum atomic E-state index is -0.812. The first-order valence-electron chi connectivity index (χ1n) is 15.1. The summed E-state index contributed by atoms with van der Waals surface area (Å²) in [6.07, 6.45) is 5.66. The number of hydrogen-bond donors (Lipinski definition) is 4. The van der Waals surface area contributed by atoms with Crippen molar-refractivity contribution in [3.05, 3.63) is 113 Å². The molecule has 0 amide bonds. The summed E-state index contributed by atoms with van der Waals surface area (Å²) in [6.45, 7) is 2.77. The van der Waals surface area contributed by atoms with E-state index in [-0.39, 0.29) is 23.7 Å². The molecule has 0 unspecified atom stereocenters. The quantitative estimate of drug-likeness (QED) is 0.107. The molecule has 0 radical (unpaired) electrons. The molecule has 4 rings (SSSR count). The van der Waals surface area contributed by atoms with E-state index >= 15 is 0 Å². The third kappa shape index (κ3) is 8.98. The van der Waals surface area contributed by atoms with Gasteiger partial charge in [-0.3, -0.25) is 9.59 Å².